The lowest BCUT2D eigenvalue weighted by molar-refractivity contribution is 0.226. The summed E-state index contributed by atoms with van der Waals surface area (Å²) in [6.07, 6.45) is 5.03. The van der Waals surface area contributed by atoms with Gasteiger partial charge in [-0.25, -0.2) is 0 Å². The topological polar surface area (TPSA) is 62.0 Å². The molecule has 0 saturated carbocycles. The van der Waals surface area contributed by atoms with Crippen molar-refractivity contribution in [2.45, 2.75) is 52.0 Å². The molecule has 0 radical (unpaired) electrons. The Kier molecular flexibility index (Phi) is 5.51. The van der Waals surface area contributed by atoms with Crippen LogP contribution in [0.5, 0.6) is 5.88 Å². The van der Waals surface area contributed by atoms with E-state index in [-0.39, 0.29) is 0 Å². The van der Waals surface area contributed by atoms with E-state index in [4.69, 9.17) is 4.74 Å². The lowest BCUT2D eigenvalue weighted by Gasteiger charge is -2.19. The van der Waals surface area contributed by atoms with Crippen molar-refractivity contribution in [2.24, 2.45) is 0 Å². The van der Waals surface area contributed by atoms with Crippen LogP contribution in [0.25, 0.3) is 0 Å². The molecule has 114 valence electrons. The molecular weight excluding hydrogens is 264 g/mol. The van der Waals surface area contributed by atoms with Gasteiger partial charge in [0, 0.05) is 6.04 Å². The van der Waals surface area contributed by atoms with E-state index < -0.39 is 0 Å². The maximum Gasteiger partial charge on any atom is 0.251 e. The van der Waals surface area contributed by atoms with Crippen LogP contribution in [0.4, 0.5) is 0 Å². The Morgan fingerprint density at radius 2 is 2.14 bits per heavy atom. The van der Waals surface area contributed by atoms with E-state index in [0.717, 1.165) is 30.5 Å². The van der Waals surface area contributed by atoms with Gasteiger partial charge in [-0.2, -0.15) is 10.4 Å². The molecule has 1 aliphatic rings. The van der Waals surface area contributed by atoms with Gasteiger partial charge in [0.15, 0.2) is 0 Å². The van der Waals surface area contributed by atoms with E-state index in [9.17, 15) is 5.26 Å². The first-order chi connectivity index (χ1) is 10.2. The minimum atomic E-state index is 0.396. The summed E-state index contributed by atoms with van der Waals surface area (Å²) in [5, 5.41) is 17.7. The predicted octanol–water partition coefficient (Wildman–Crippen LogP) is 2.34. The highest BCUT2D eigenvalue weighted by Crippen LogP contribution is 2.23. The fraction of sp³-hybridized carbons (Fsp3) is 0.688. The second-order valence-corrected chi connectivity index (χ2v) is 5.54. The third-order valence-corrected chi connectivity index (χ3v) is 4.29. The maximum absolute atomic E-state index is 9.40. The molecule has 2 rings (SSSR count). The van der Waals surface area contributed by atoms with Gasteiger partial charge in [0.25, 0.3) is 5.88 Å². The number of nitriles is 1. The zero-order chi connectivity index (χ0) is 15.2. The summed E-state index contributed by atoms with van der Waals surface area (Å²) in [5.41, 5.74) is 2.43. The Morgan fingerprint density at radius 3 is 2.71 bits per heavy atom. The Balaban J connectivity index is 2.04. The third kappa shape index (κ3) is 3.51. The number of likely N-dealkylation sites (tertiary alicyclic amines) is 1. The van der Waals surface area contributed by atoms with Crippen molar-refractivity contribution in [1.29, 1.82) is 5.26 Å². The van der Waals surface area contributed by atoms with Crippen LogP contribution < -0.4 is 4.74 Å². The van der Waals surface area contributed by atoms with Gasteiger partial charge in [0.1, 0.15) is 11.6 Å². The molecule has 5 nitrogen and oxygen atoms in total. The maximum atomic E-state index is 9.40. The van der Waals surface area contributed by atoms with Crippen molar-refractivity contribution in [2.75, 3.05) is 20.2 Å². The first kappa shape index (κ1) is 15.7. The van der Waals surface area contributed by atoms with Crippen molar-refractivity contribution < 1.29 is 4.74 Å². The molecule has 0 N–H and O–H groups in total. The summed E-state index contributed by atoms with van der Waals surface area (Å²) >= 11 is 0. The third-order valence-electron chi connectivity index (χ3n) is 4.29. The van der Waals surface area contributed by atoms with Crippen molar-refractivity contribution in [3.05, 3.63) is 16.8 Å². The number of nitrogens with zero attached hydrogens (tertiary/aromatic N) is 4. The molecule has 1 aliphatic heterocycles. The summed E-state index contributed by atoms with van der Waals surface area (Å²) in [6, 6.07) is 2.83. The average molecular weight is 288 g/mol. The molecule has 0 bridgehead atoms. The Hall–Kier alpha value is -1.67. The van der Waals surface area contributed by atoms with E-state index >= 15 is 0 Å². The van der Waals surface area contributed by atoms with Gasteiger partial charge in [0.05, 0.1) is 12.3 Å². The second kappa shape index (κ2) is 7.37. The number of rotatable bonds is 6. The van der Waals surface area contributed by atoms with Gasteiger partial charge in [0.2, 0.25) is 0 Å². The summed E-state index contributed by atoms with van der Waals surface area (Å²) in [5.74, 6) is 0.396. The van der Waals surface area contributed by atoms with Gasteiger partial charge in [-0.3, -0.25) is 0 Å². The molecule has 1 saturated heterocycles. The normalized spacial score (nSPS) is 18.7. The first-order valence-corrected chi connectivity index (χ1v) is 7.82. The number of ether oxygens (including phenoxy) is 1. The van der Waals surface area contributed by atoms with Crippen LogP contribution in [-0.4, -0.2) is 41.3 Å². The quantitative estimate of drug-likeness (QED) is 0.804. The Bertz CT molecular complexity index is 524. The molecule has 2 heterocycles. The molecule has 21 heavy (non-hydrogen) atoms. The largest absolute Gasteiger partial charge is 0.476 e. The van der Waals surface area contributed by atoms with Crippen molar-refractivity contribution in [1.82, 2.24) is 15.1 Å². The molecule has 1 fully saturated rings. The van der Waals surface area contributed by atoms with E-state index in [0.29, 0.717) is 24.1 Å². The lowest BCUT2D eigenvalue weighted by atomic mass is 10.0. The zero-order valence-electron chi connectivity index (χ0n) is 13.2. The van der Waals surface area contributed by atoms with Crippen LogP contribution >= 0.6 is 0 Å². The minimum Gasteiger partial charge on any atom is -0.476 e. The van der Waals surface area contributed by atoms with Crippen LogP contribution in [0.3, 0.4) is 0 Å². The first-order valence-electron chi connectivity index (χ1n) is 7.82. The molecule has 1 unspecified atom stereocenters. The number of hydrogen-bond acceptors (Lipinski definition) is 5. The number of hydrogen-bond donors (Lipinski definition) is 0. The molecule has 5 heteroatoms. The molecule has 1 aromatic heterocycles. The van der Waals surface area contributed by atoms with E-state index in [1.54, 1.807) is 0 Å². The van der Waals surface area contributed by atoms with Crippen molar-refractivity contribution in [3.8, 4) is 11.9 Å². The van der Waals surface area contributed by atoms with Gasteiger partial charge in [-0.05, 0) is 51.3 Å². The summed E-state index contributed by atoms with van der Waals surface area (Å²) < 4.78 is 5.76. The fourth-order valence-electron chi connectivity index (χ4n) is 3.01. The molecule has 0 amide bonds. The molecule has 0 aromatic carbocycles. The zero-order valence-corrected chi connectivity index (χ0v) is 13.2. The Labute approximate surface area is 126 Å². The summed E-state index contributed by atoms with van der Waals surface area (Å²) in [6.45, 7) is 5.82. The predicted molar refractivity (Wildman–Crippen MR) is 81.3 cm³/mol. The van der Waals surface area contributed by atoms with Crippen molar-refractivity contribution >= 4 is 0 Å². The van der Waals surface area contributed by atoms with Crippen molar-refractivity contribution in [3.63, 3.8) is 0 Å². The molecular formula is C16H24N4O. The molecule has 1 atom stereocenters. The smallest absolute Gasteiger partial charge is 0.251 e. The summed E-state index contributed by atoms with van der Waals surface area (Å²) in [7, 11) is 2.16. The SMILES string of the molecule is CCc1nnc(OCCC2CCCN2C)c(C#N)c1CC. The number of aryl methyl sites for hydroxylation is 1. The second-order valence-electron chi connectivity index (χ2n) is 5.54. The highest BCUT2D eigenvalue weighted by molar-refractivity contribution is 5.46. The minimum absolute atomic E-state index is 0.396. The molecule has 0 spiro atoms. The summed E-state index contributed by atoms with van der Waals surface area (Å²) in [4.78, 5) is 2.37. The van der Waals surface area contributed by atoms with Crippen LogP contribution in [0, 0.1) is 11.3 Å². The Morgan fingerprint density at radius 1 is 1.33 bits per heavy atom. The molecule has 0 aliphatic carbocycles. The standard InChI is InChI=1S/C16H24N4O/c1-4-13-14(11-17)16(19-18-15(13)5-2)21-10-8-12-7-6-9-20(12)3/h12H,4-10H2,1-3H3. The molecule has 1 aromatic rings. The van der Waals surface area contributed by atoms with Gasteiger partial charge in [-0.1, -0.05) is 13.8 Å². The van der Waals surface area contributed by atoms with E-state index in [1.807, 2.05) is 13.8 Å². The highest BCUT2D eigenvalue weighted by Gasteiger charge is 2.21. The monoisotopic (exact) mass is 288 g/mol. The van der Waals surface area contributed by atoms with E-state index in [2.05, 4.69) is 28.2 Å². The van der Waals surface area contributed by atoms with Gasteiger partial charge in [-0.15, -0.1) is 5.10 Å². The average Bonchev–Trinajstić information content (AvgIpc) is 2.91. The van der Waals surface area contributed by atoms with Crippen LogP contribution in [0.15, 0.2) is 0 Å². The fourth-order valence-corrected chi connectivity index (χ4v) is 3.01. The van der Waals surface area contributed by atoms with Gasteiger partial charge >= 0.3 is 0 Å². The van der Waals surface area contributed by atoms with Gasteiger partial charge < -0.3 is 9.64 Å². The van der Waals surface area contributed by atoms with Crippen LogP contribution in [0.2, 0.25) is 0 Å². The lowest BCUT2D eigenvalue weighted by Crippen LogP contribution is -2.26. The van der Waals surface area contributed by atoms with E-state index in [1.165, 1.54) is 19.4 Å². The number of aromatic nitrogens is 2. The van der Waals surface area contributed by atoms with Crippen LogP contribution in [-0.2, 0) is 12.8 Å². The van der Waals surface area contributed by atoms with Crippen LogP contribution in [0.1, 0.15) is 49.9 Å². The highest BCUT2D eigenvalue weighted by atomic mass is 16.5.